The zero-order chi connectivity index (χ0) is 15.4. The SMILES string of the molecule is CCc1oc2ccccc2c1C=CC(=O)NCc1ccco1. The summed E-state index contributed by atoms with van der Waals surface area (Å²) in [6, 6.07) is 11.5. The van der Waals surface area contributed by atoms with Gasteiger partial charge in [0.2, 0.25) is 5.91 Å². The van der Waals surface area contributed by atoms with E-state index in [1.54, 1.807) is 12.3 Å². The highest BCUT2D eigenvalue weighted by Gasteiger charge is 2.10. The summed E-state index contributed by atoms with van der Waals surface area (Å²) in [6.45, 7) is 2.41. The summed E-state index contributed by atoms with van der Waals surface area (Å²) in [5, 5.41) is 3.81. The number of hydrogen-bond donors (Lipinski definition) is 1. The first-order chi connectivity index (χ1) is 10.8. The minimum absolute atomic E-state index is 0.163. The van der Waals surface area contributed by atoms with E-state index in [4.69, 9.17) is 8.83 Å². The minimum Gasteiger partial charge on any atom is -0.467 e. The van der Waals surface area contributed by atoms with Gasteiger partial charge in [-0.25, -0.2) is 0 Å². The fourth-order valence-electron chi connectivity index (χ4n) is 2.37. The molecule has 0 spiro atoms. The number of furan rings is 2. The van der Waals surface area contributed by atoms with Gasteiger partial charge in [0.15, 0.2) is 0 Å². The maximum Gasteiger partial charge on any atom is 0.244 e. The number of fused-ring (bicyclic) bond motifs is 1. The molecule has 0 aliphatic carbocycles. The maximum atomic E-state index is 11.9. The molecule has 0 atom stereocenters. The van der Waals surface area contributed by atoms with Crippen LogP contribution in [0.1, 0.15) is 24.0 Å². The van der Waals surface area contributed by atoms with Gasteiger partial charge >= 0.3 is 0 Å². The van der Waals surface area contributed by atoms with Crippen molar-refractivity contribution in [3.05, 3.63) is 65.8 Å². The van der Waals surface area contributed by atoms with Crippen LogP contribution in [0.3, 0.4) is 0 Å². The Balaban J connectivity index is 1.75. The van der Waals surface area contributed by atoms with Crippen molar-refractivity contribution in [3.63, 3.8) is 0 Å². The lowest BCUT2D eigenvalue weighted by molar-refractivity contribution is -0.116. The summed E-state index contributed by atoms with van der Waals surface area (Å²) >= 11 is 0. The molecule has 0 fully saturated rings. The topological polar surface area (TPSA) is 55.4 Å². The maximum absolute atomic E-state index is 11.9. The minimum atomic E-state index is -0.163. The van der Waals surface area contributed by atoms with Gasteiger partial charge in [-0.3, -0.25) is 4.79 Å². The van der Waals surface area contributed by atoms with Gasteiger partial charge in [-0.2, -0.15) is 0 Å². The number of benzene rings is 1. The van der Waals surface area contributed by atoms with Crippen LogP contribution < -0.4 is 5.32 Å². The standard InChI is InChI=1S/C18H17NO3/c1-2-16-15(14-7-3-4-8-17(14)22-16)9-10-18(20)19-12-13-6-5-11-21-13/h3-11H,2,12H2,1H3,(H,19,20). The average Bonchev–Trinajstić information content (AvgIpc) is 3.18. The van der Waals surface area contributed by atoms with Crippen molar-refractivity contribution < 1.29 is 13.6 Å². The van der Waals surface area contributed by atoms with E-state index in [1.807, 2.05) is 43.3 Å². The number of nitrogens with one attached hydrogen (secondary N) is 1. The molecule has 4 heteroatoms. The number of amides is 1. The largest absolute Gasteiger partial charge is 0.467 e. The van der Waals surface area contributed by atoms with Gasteiger partial charge in [-0.05, 0) is 24.3 Å². The highest BCUT2D eigenvalue weighted by molar-refractivity contribution is 5.96. The van der Waals surface area contributed by atoms with E-state index in [9.17, 15) is 4.79 Å². The quantitative estimate of drug-likeness (QED) is 0.726. The van der Waals surface area contributed by atoms with Gasteiger partial charge < -0.3 is 14.2 Å². The third-order valence-electron chi connectivity index (χ3n) is 3.45. The predicted octanol–water partition coefficient (Wildman–Crippen LogP) is 3.92. The molecule has 3 rings (SSSR count). The first kappa shape index (κ1) is 14.2. The van der Waals surface area contributed by atoms with Gasteiger partial charge in [-0.1, -0.05) is 25.1 Å². The zero-order valence-electron chi connectivity index (χ0n) is 12.3. The Labute approximate surface area is 128 Å². The van der Waals surface area contributed by atoms with Gasteiger partial charge in [0, 0.05) is 23.4 Å². The Kier molecular flexibility index (Phi) is 4.10. The molecule has 4 nitrogen and oxygen atoms in total. The molecular weight excluding hydrogens is 278 g/mol. The van der Waals surface area contributed by atoms with Crippen molar-refractivity contribution >= 4 is 23.0 Å². The molecular formula is C18H17NO3. The molecule has 3 aromatic rings. The van der Waals surface area contributed by atoms with Crippen LogP contribution in [0.5, 0.6) is 0 Å². The van der Waals surface area contributed by atoms with Crippen molar-refractivity contribution in [2.75, 3.05) is 0 Å². The van der Waals surface area contributed by atoms with Gasteiger partial charge in [0.25, 0.3) is 0 Å². The second kappa shape index (κ2) is 6.35. The fraction of sp³-hybridized carbons (Fsp3) is 0.167. The van der Waals surface area contributed by atoms with E-state index in [1.165, 1.54) is 6.08 Å². The molecule has 0 saturated heterocycles. The highest BCUT2D eigenvalue weighted by atomic mass is 16.3. The van der Waals surface area contributed by atoms with Crippen LogP contribution in [-0.2, 0) is 17.8 Å². The lowest BCUT2D eigenvalue weighted by Crippen LogP contribution is -2.19. The van der Waals surface area contributed by atoms with Crippen LogP contribution in [0.25, 0.3) is 17.0 Å². The van der Waals surface area contributed by atoms with Crippen LogP contribution in [0.15, 0.2) is 57.6 Å². The third kappa shape index (κ3) is 2.96. The number of carbonyl (C=O) groups excluding carboxylic acids is 1. The molecule has 1 amide bonds. The lowest BCUT2D eigenvalue weighted by Gasteiger charge is -1.98. The summed E-state index contributed by atoms with van der Waals surface area (Å²) in [5.74, 6) is 1.45. The van der Waals surface area contributed by atoms with Crippen molar-refractivity contribution in [2.24, 2.45) is 0 Å². The summed E-state index contributed by atoms with van der Waals surface area (Å²) < 4.78 is 11.0. The first-order valence-corrected chi connectivity index (χ1v) is 7.26. The molecule has 1 aromatic carbocycles. The average molecular weight is 295 g/mol. The van der Waals surface area contributed by atoms with E-state index in [2.05, 4.69) is 5.32 Å². The molecule has 0 aliphatic heterocycles. The predicted molar refractivity (Wildman–Crippen MR) is 85.2 cm³/mol. The number of hydrogen-bond acceptors (Lipinski definition) is 3. The number of rotatable bonds is 5. The van der Waals surface area contributed by atoms with E-state index in [0.717, 1.165) is 34.5 Å². The molecule has 0 radical (unpaired) electrons. The second-order valence-corrected chi connectivity index (χ2v) is 4.92. The molecule has 2 aromatic heterocycles. The van der Waals surface area contributed by atoms with Crippen LogP contribution in [-0.4, -0.2) is 5.91 Å². The van der Waals surface area contributed by atoms with Gasteiger partial charge in [0.1, 0.15) is 17.1 Å². The second-order valence-electron chi connectivity index (χ2n) is 4.92. The van der Waals surface area contributed by atoms with Crippen LogP contribution in [0.4, 0.5) is 0 Å². The van der Waals surface area contributed by atoms with E-state index >= 15 is 0 Å². The van der Waals surface area contributed by atoms with Crippen molar-refractivity contribution in [3.8, 4) is 0 Å². The van der Waals surface area contributed by atoms with Crippen molar-refractivity contribution in [1.29, 1.82) is 0 Å². The Bertz CT molecular complexity index is 797. The summed E-state index contributed by atoms with van der Waals surface area (Å²) in [4.78, 5) is 11.9. The van der Waals surface area contributed by atoms with E-state index in [-0.39, 0.29) is 5.91 Å². The molecule has 0 saturated carbocycles. The number of para-hydroxylation sites is 1. The summed E-state index contributed by atoms with van der Waals surface area (Å²) in [7, 11) is 0. The Morgan fingerprint density at radius 1 is 1.23 bits per heavy atom. The highest BCUT2D eigenvalue weighted by Crippen LogP contribution is 2.27. The zero-order valence-corrected chi connectivity index (χ0v) is 12.3. The molecule has 2 heterocycles. The smallest absolute Gasteiger partial charge is 0.244 e. The molecule has 22 heavy (non-hydrogen) atoms. The van der Waals surface area contributed by atoms with Gasteiger partial charge in [0.05, 0.1) is 12.8 Å². The van der Waals surface area contributed by atoms with Crippen LogP contribution in [0, 0.1) is 0 Å². The monoisotopic (exact) mass is 295 g/mol. The Hall–Kier alpha value is -2.75. The Morgan fingerprint density at radius 2 is 2.09 bits per heavy atom. The summed E-state index contributed by atoms with van der Waals surface area (Å²) in [5.41, 5.74) is 1.81. The molecule has 112 valence electrons. The van der Waals surface area contributed by atoms with E-state index < -0.39 is 0 Å². The van der Waals surface area contributed by atoms with Crippen LogP contribution >= 0.6 is 0 Å². The van der Waals surface area contributed by atoms with Crippen LogP contribution in [0.2, 0.25) is 0 Å². The molecule has 0 bridgehead atoms. The lowest BCUT2D eigenvalue weighted by atomic mass is 10.1. The first-order valence-electron chi connectivity index (χ1n) is 7.26. The molecule has 1 N–H and O–H groups in total. The number of carbonyl (C=O) groups is 1. The normalized spacial score (nSPS) is 11.3. The van der Waals surface area contributed by atoms with Crippen molar-refractivity contribution in [1.82, 2.24) is 5.32 Å². The third-order valence-corrected chi connectivity index (χ3v) is 3.45. The van der Waals surface area contributed by atoms with Crippen molar-refractivity contribution in [2.45, 2.75) is 19.9 Å². The van der Waals surface area contributed by atoms with E-state index in [0.29, 0.717) is 6.54 Å². The molecule has 0 unspecified atom stereocenters. The molecule has 0 aliphatic rings. The summed E-state index contributed by atoms with van der Waals surface area (Å²) in [6.07, 6.45) is 5.70. The Morgan fingerprint density at radius 3 is 2.86 bits per heavy atom. The van der Waals surface area contributed by atoms with Gasteiger partial charge in [-0.15, -0.1) is 0 Å². The fourth-order valence-corrected chi connectivity index (χ4v) is 2.37. The number of aryl methyl sites for hydroxylation is 1.